The largest absolute Gasteiger partial charge is 0.465 e. The van der Waals surface area contributed by atoms with E-state index in [1.165, 1.54) is 7.11 Å². The van der Waals surface area contributed by atoms with Crippen LogP contribution in [0.5, 0.6) is 0 Å². The van der Waals surface area contributed by atoms with Crippen molar-refractivity contribution in [2.75, 3.05) is 50.3 Å². The molecule has 27 heavy (non-hydrogen) atoms. The number of halogens is 1. The Morgan fingerprint density at radius 3 is 2.78 bits per heavy atom. The van der Waals surface area contributed by atoms with Gasteiger partial charge in [0.15, 0.2) is 5.82 Å². The fourth-order valence-corrected chi connectivity index (χ4v) is 3.35. The summed E-state index contributed by atoms with van der Waals surface area (Å²) in [5.41, 5.74) is 3.46. The lowest BCUT2D eigenvalue weighted by atomic mass is 10.0. The molecule has 0 amide bonds. The molecule has 0 radical (unpaired) electrons. The maximum Gasteiger partial charge on any atom is 0.338 e. The van der Waals surface area contributed by atoms with Gasteiger partial charge in [-0.2, -0.15) is 4.98 Å². The molecule has 0 saturated carbocycles. The molecule has 0 saturated heterocycles. The Balaban J connectivity index is 1.93. The number of carbonyl (C=O) groups excluding carboxylic acids is 1. The lowest BCUT2D eigenvalue weighted by Gasteiger charge is -2.37. The maximum atomic E-state index is 12.1. The first-order valence-corrected chi connectivity index (χ1v) is 9.10. The zero-order valence-corrected chi connectivity index (χ0v) is 16.5. The van der Waals surface area contributed by atoms with E-state index in [2.05, 4.69) is 19.8 Å². The molecular formula is C19H23ClN4O3. The molecule has 2 heterocycles. The third kappa shape index (κ3) is 4.31. The lowest BCUT2D eigenvalue weighted by Crippen LogP contribution is -2.43. The van der Waals surface area contributed by atoms with Crippen molar-refractivity contribution in [3.8, 4) is 0 Å². The van der Waals surface area contributed by atoms with Gasteiger partial charge >= 0.3 is 5.97 Å². The van der Waals surface area contributed by atoms with Crippen LogP contribution in [0.3, 0.4) is 0 Å². The predicted octanol–water partition coefficient (Wildman–Crippen LogP) is 2.70. The van der Waals surface area contributed by atoms with E-state index in [9.17, 15) is 4.79 Å². The first-order chi connectivity index (χ1) is 13.0. The van der Waals surface area contributed by atoms with Crippen LogP contribution >= 0.6 is 11.6 Å². The number of hydrogen-bond donors (Lipinski definition) is 0. The van der Waals surface area contributed by atoms with Gasteiger partial charge in [-0.15, -0.1) is 0 Å². The molecule has 1 aromatic heterocycles. The third-order valence-corrected chi connectivity index (χ3v) is 4.78. The summed E-state index contributed by atoms with van der Waals surface area (Å²) in [6, 6.07) is 5.74. The zero-order chi connectivity index (χ0) is 19.4. The van der Waals surface area contributed by atoms with E-state index in [0.717, 1.165) is 42.3 Å². The standard InChI is InChI=1S/C19H23ClN4O3/c1-13-4-5-15(18(25)27-3)14(10-13)12-24-7-6-23(8-9-26-2)17-16(24)11-21-19(20)22-17/h4-5,10-11H,6-9,12H2,1-3H3. The number of benzene rings is 1. The minimum Gasteiger partial charge on any atom is -0.465 e. The maximum absolute atomic E-state index is 12.1. The number of hydrogen-bond acceptors (Lipinski definition) is 7. The van der Waals surface area contributed by atoms with Gasteiger partial charge in [-0.05, 0) is 30.2 Å². The topological polar surface area (TPSA) is 67.8 Å². The van der Waals surface area contributed by atoms with Crippen molar-refractivity contribution in [1.29, 1.82) is 0 Å². The Hall–Kier alpha value is -2.38. The number of carbonyl (C=O) groups is 1. The van der Waals surface area contributed by atoms with Crippen molar-refractivity contribution < 1.29 is 14.3 Å². The summed E-state index contributed by atoms with van der Waals surface area (Å²) in [4.78, 5) is 25.0. The summed E-state index contributed by atoms with van der Waals surface area (Å²) in [7, 11) is 3.07. The van der Waals surface area contributed by atoms with Crippen LogP contribution in [-0.2, 0) is 16.0 Å². The van der Waals surface area contributed by atoms with Gasteiger partial charge in [0, 0.05) is 33.3 Å². The first-order valence-electron chi connectivity index (χ1n) is 8.72. The summed E-state index contributed by atoms with van der Waals surface area (Å²) >= 11 is 6.03. The van der Waals surface area contributed by atoms with E-state index in [4.69, 9.17) is 21.1 Å². The number of nitrogens with zero attached hydrogens (tertiary/aromatic N) is 4. The molecule has 0 N–H and O–H groups in total. The average molecular weight is 391 g/mol. The molecule has 7 nitrogen and oxygen atoms in total. The first kappa shape index (κ1) is 19.4. The summed E-state index contributed by atoms with van der Waals surface area (Å²) in [6.45, 7) is 5.44. The van der Waals surface area contributed by atoms with Crippen LogP contribution < -0.4 is 9.80 Å². The molecule has 1 aliphatic rings. The van der Waals surface area contributed by atoms with Crippen LogP contribution in [0.2, 0.25) is 5.28 Å². The highest BCUT2D eigenvalue weighted by Crippen LogP contribution is 2.32. The van der Waals surface area contributed by atoms with E-state index in [0.29, 0.717) is 18.7 Å². The normalized spacial score (nSPS) is 13.5. The van der Waals surface area contributed by atoms with Gasteiger partial charge in [-0.25, -0.2) is 9.78 Å². The molecule has 3 rings (SSSR count). The highest BCUT2D eigenvalue weighted by Gasteiger charge is 2.26. The molecule has 2 aromatic rings. The van der Waals surface area contributed by atoms with Crippen LogP contribution in [0.1, 0.15) is 21.5 Å². The van der Waals surface area contributed by atoms with Gasteiger partial charge in [-0.3, -0.25) is 0 Å². The third-order valence-electron chi connectivity index (χ3n) is 4.59. The summed E-state index contributed by atoms with van der Waals surface area (Å²) in [5, 5.41) is 0.212. The molecule has 0 aliphatic carbocycles. The highest BCUT2D eigenvalue weighted by molar-refractivity contribution is 6.28. The number of aryl methyl sites for hydroxylation is 1. The van der Waals surface area contributed by atoms with E-state index < -0.39 is 0 Å². The van der Waals surface area contributed by atoms with E-state index in [1.807, 2.05) is 25.1 Å². The van der Waals surface area contributed by atoms with Crippen molar-refractivity contribution in [3.05, 3.63) is 46.4 Å². The lowest BCUT2D eigenvalue weighted by molar-refractivity contribution is 0.0599. The molecule has 8 heteroatoms. The second-order valence-electron chi connectivity index (χ2n) is 6.40. The molecule has 1 aliphatic heterocycles. The quantitative estimate of drug-likeness (QED) is 0.554. The number of rotatable bonds is 6. The highest BCUT2D eigenvalue weighted by atomic mass is 35.5. The number of ether oxygens (including phenoxy) is 2. The fourth-order valence-electron chi connectivity index (χ4n) is 3.22. The van der Waals surface area contributed by atoms with E-state index >= 15 is 0 Å². The van der Waals surface area contributed by atoms with Gasteiger partial charge in [-0.1, -0.05) is 17.7 Å². The fraction of sp³-hybridized carbons (Fsp3) is 0.421. The summed E-state index contributed by atoms with van der Waals surface area (Å²) in [6.07, 6.45) is 1.73. The average Bonchev–Trinajstić information content (AvgIpc) is 2.66. The predicted molar refractivity (Wildman–Crippen MR) is 105 cm³/mol. The Labute approximate surface area is 163 Å². The smallest absolute Gasteiger partial charge is 0.338 e. The number of aromatic nitrogens is 2. The van der Waals surface area contributed by atoms with Crippen molar-refractivity contribution in [2.24, 2.45) is 0 Å². The van der Waals surface area contributed by atoms with Gasteiger partial charge in [0.2, 0.25) is 5.28 Å². The number of anilines is 2. The molecular weight excluding hydrogens is 368 g/mol. The minimum absolute atomic E-state index is 0.212. The zero-order valence-electron chi connectivity index (χ0n) is 15.7. The Morgan fingerprint density at radius 1 is 1.26 bits per heavy atom. The SMILES string of the molecule is COCCN1CCN(Cc2cc(C)ccc2C(=O)OC)c2cnc(Cl)nc21. The Kier molecular flexibility index (Phi) is 6.13. The monoisotopic (exact) mass is 390 g/mol. The van der Waals surface area contributed by atoms with Crippen molar-refractivity contribution in [2.45, 2.75) is 13.5 Å². The molecule has 1 aromatic carbocycles. The van der Waals surface area contributed by atoms with Crippen LogP contribution in [0.4, 0.5) is 11.5 Å². The van der Waals surface area contributed by atoms with Gasteiger partial charge in [0.1, 0.15) is 0 Å². The van der Waals surface area contributed by atoms with Crippen LogP contribution in [0.15, 0.2) is 24.4 Å². The van der Waals surface area contributed by atoms with Crippen molar-refractivity contribution >= 4 is 29.1 Å². The summed E-state index contributed by atoms with van der Waals surface area (Å²) in [5.74, 6) is 0.446. The van der Waals surface area contributed by atoms with Gasteiger partial charge in [0.25, 0.3) is 0 Å². The van der Waals surface area contributed by atoms with Crippen molar-refractivity contribution in [3.63, 3.8) is 0 Å². The molecule has 0 spiro atoms. The molecule has 144 valence electrons. The van der Waals surface area contributed by atoms with Crippen molar-refractivity contribution in [1.82, 2.24) is 9.97 Å². The Bertz CT molecular complexity index is 831. The van der Waals surface area contributed by atoms with Crippen LogP contribution in [0, 0.1) is 6.92 Å². The molecule has 0 unspecified atom stereocenters. The number of esters is 1. The Morgan fingerprint density at radius 2 is 2.04 bits per heavy atom. The second kappa shape index (κ2) is 8.54. The minimum atomic E-state index is -0.337. The summed E-state index contributed by atoms with van der Waals surface area (Å²) < 4.78 is 10.1. The van der Waals surface area contributed by atoms with Crippen LogP contribution in [-0.4, -0.2) is 56.4 Å². The molecule has 0 bridgehead atoms. The van der Waals surface area contributed by atoms with E-state index in [-0.39, 0.29) is 11.3 Å². The number of methoxy groups -OCH3 is 2. The van der Waals surface area contributed by atoms with Gasteiger partial charge < -0.3 is 19.3 Å². The van der Waals surface area contributed by atoms with E-state index in [1.54, 1.807) is 13.3 Å². The van der Waals surface area contributed by atoms with Gasteiger partial charge in [0.05, 0.1) is 31.2 Å². The second-order valence-corrected chi connectivity index (χ2v) is 6.74. The molecule has 0 atom stereocenters. The van der Waals surface area contributed by atoms with Crippen LogP contribution in [0.25, 0.3) is 0 Å². The molecule has 0 fully saturated rings. The number of fused-ring (bicyclic) bond motifs is 1.